The molecule has 0 spiro atoms. The topological polar surface area (TPSA) is 102 Å². The van der Waals surface area contributed by atoms with Gasteiger partial charge in [0.25, 0.3) is 0 Å². The van der Waals surface area contributed by atoms with E-state index in [0.29, 0.717) is 0 Å². The van der Waals surface area contributed by atoms with E-state index in [0.717, 1.165) is 18.3 Å². The molecular formula is C15H11ClF2N4O2S. The van der Waals surface area contributed by atoms with Crippen LogP contribution in [0.5, 0.6) is 0 Å². The highest BCUT2D eigenvalue weighted by atomic mass is 35.5. The fourth-order valence-electron chi connectivity index (χ4n) is 2.41. The number of hydrogen-bond acceptors (Lipinski definition) is 4. The number of pyridine rings is 1. The van der Waals surface area contributed by atoms with Gasteiger partial charge in [-0.15, -0.1) is 0 Å². The Bertz CT molecular complexity index is 1070. The minimum absolute atomic E-state index is 0.00305. The van der Waals surface area contributed by atoms with Crippen LogP contribution in [0.1, 0.15) is 5.56 Å². The first-order valence-corrected chi connectivity index (χ1v) is 8.80. The van der Waals surface area contributed by atoms with E-state index in [9.17, 15) is 17.2 Å². The molecule has 2 heterocycles. The molecule has 2 aromatic heterocycles. The van der Waals surface area contributed by atoms with E-state index in [1.807, 2.05) is 0 Å². The predicted molar refractivity (Wildman–Crippen MR) is 88.3 cm³/mol. The van der Waals surface area contributed by atoms with E-state index >= 15 is 0 Å². The first-order chi connectivity index (χ1) is 11.7. The van der Waals surface area contributed by atoms with Crippen molar-refractivity contribution in [2.75, 3.05) is 0 Å². The number of hydrogen-bond donors (Lipinski definition) is 2. The van der Waals surface area contributed by atoms with E-state index in [4.69, 9.17) is 16.7 Å². The van der Waals surface area contributed by atoms with Crippen molar-refractivity contribution in [3.05, 3.63) is 52.8 Å². The van der Waals surface area contributed by atoms with Gasteiger partial charge in [-0.3, -0.25) is 0 Å². The van der Waals surface area contributed by atoms with Gasteiger partial charge in [0.1, 0.15) is 28.2 Å². The van der Waals surface area contributed by atoms with Gasteiger partial charge in [-0.05, 0) is 36.8 Å². The lowest BCUT2D eigenvalue weighted by Gasteiger charge is -2.09. The van der Waals surface area contributed by atoms with E-state index in [1.54, 1.807) is 0 Å². The van der Waals surface area contributed by atoms with E-state index in [1.165, 1.54) is 19.1 Å². The highest BCUT2D eigenvalue weighted by Gasteiger charge is 2.23. The van der Waals surface area contributed by atoms with Crippen molar-refractivity contribution in [1.29, 1.82) is 0 Å². The minimum atomic E-state index is -4.05. The van der Waals surface area contributed by atoms with Crippen LogP contribution in [0.25, 0.3) is 22.8 Å². The van der Waals surface area contributed by atoms with Gasteiger partial charge in [-0.2, -0.15) is 0 Å². The summed E-state index contributed by atoms with van der Waals surface area (Å²) in [4.78, 5) is 10.5. The molecule has 10 heteroatoms. The number of aromatic amines is 1. The van der Waals surface area contributed by atoms with Crippen molar-refractivity contribution < 1.29 is 17.2 Å². The highest BCUT2D eigenvalue weighted by molar-refractivity contribution is 7.89. The average molecular weight is 385 g/mol. The summed E-state index contributed by atoms with van der Waals surface area (Å²) in [6.45, 7) is 1.40. The number of nitrogens with one attached hydrogen (secondary N) is 1. The van der Waals surface area contributed by atoms with Crippen LogP contribution in [0.4, 0.5) is 8.78 Å². The number of benzene rings is 1. The molecule has 0 amide bonds. The van der Waals surface area contributed by atoms with Crippen LogP contribution in [0.2, 0.25) is 5.15 Å². The van der Waals surface area contributed by atoms with Crippen molar-refractivity contribution >= 4 is 21.6 Å². The zero-order valence-electron chi connectivity index (χ0n) is 12.7. The Balaban J connectivity index is 2.20. The Morgan fingerprint density at radius 1 is 1.20 bits per heavy atom. The van der Waals surface area contributed by atoms with Crippen molar-refractivity contribution in [3.63, 3.8) is 0 Å². The summed E-state index contributed by atoms with van der Waals surface area (Å²) >= 11 is 6.10. The lowest BCUT2D eigenvalue weighted by Crippen LogP contribution is -2.14. The Hall–Kier alpha value is -2.36. The van der Waals surface area contributed by atoms with Crippen LogP contribution >= 0.6 is 11.6 Å². The number of rotatable bonds is 3. The summed E-state index contributed by atoms with van der Waals surface area (Å²) in [6, 6.07) is 4.61. The zero-order chi connectivity index (χ0) is 18.4. The highest BCUT2D eigenvalue weighted by Crippen LogP contribution is 2.35. The van der Waals surface area contributed by atoms with Crippen LogP contribution in [0.15, 0.2) is 35.4 Å². The Labute approximate surface area is 146 Å². The Morgan fingerprint density at radius 3 is 2.52 bits per heavy atom. The van der Waals surface area contributed by atoms with Gasteiger partial charge in [0.05, 0.1) is 11.1 Å². The Morgan fingerprint density at radius 2 is 1.92 bits per heavy atom. The lowest BCUT2D eigenvalue weighted by molar-refractivity contribution is 0.595. The fourth-order valence-corrected chi connectivity index (χ4v) is 3.43. The molecule has 0 unspecified atom stereocenters. The third-order valence-corrected chi connectivity index (χ3v) is 4.87. The molecule has 0 saturated heterocycles. The molecule has 25 heavy (non-hydrogen) atoms. The van der Waals surface area contributed by atoms with Crippen LogP contribution in [0, 0.1) is 18.6 Å². The lowest BCUT2D eigenvalue weighted by atomic mass is 10.1. The van der Waals surface area contributed by atoms with Crippen molar-refractivity contribution in [1.82, 2.24) is 15.0 Å². The molecule has 3 N–H and O–H groups in total. The Kier molecular flexibility index (Phi) is 4.31. The van der Waals surface area contributed by atoms with Crippen LogP contribution < -0.4 is 5.14 Å². The molecule has 130 valence electrons. The normalized spacial score (nSPS) is 11.7. The van der Waals surface area contributed by atoms with E-state index in [2.05, 4.69) is 15.0 Å². The second-order valence-corrected chi connectivity index (χ2v) is 7.11. The van der Waals surface area contributed by atoms with Crippen molar-refractivity contribution in [3.8, 4) is 22.8 Å². The SMILES string of the molecule is Cc1c(S(N)(=O)=O)ccc(F)c1-c1nc(-c2ccc(F)cn2)[nH]c1Cl. The summed E-state index contributed by atoms with van der Waals surface area (Å²) in [6.07, 6.45) is 0.999. The molecule has 6 nitrogen and oxygen atoms in total. The first kappa shape index (κ1) is 17.5. The standard InChI is InChI=1S/C15H11ClF2N4O2S/c1-7-11(25(19,23)24)5-3-9(18)12(7)13-14(16)22-15(21-13)10-4-2-8(17)6-20-10/h2-6H,1H3,(H,21,22)(H2,19,23,24). The van der Waals surface area contributed by atoms with Crippen LogP contribution in [0.3, 0.4) is 0 Å². The summed E-state index contributed by atoms with van der Waals surface area (Å²) in [7, 11) is -4.05. The van der Waals surface area contributed by atoms with Gasteiger partial charge in [-0.25, -0.2) is 32.3 Å². The number of halogens is 3. The number of nitrogens with zero attached hydrogens (tertiary/aromatic N) is 2. The largest absolute Gasteiger partial charge is 0.327 e. The van der Waals surface area contributed by atoms with E-state index in [-0.39, 0.29) is 38.4 Å². The summed E-state index contributed by atoms with van der Waals surface area (Å²) in [5.74, 6) is -1.05. The molecule has 0 radical (unpaired) electrons. The maximum absolute atomic E-state index is 14.3. The molecular weight excluding hydrogens is 374 g/mol. The molecule has 0 aliphatic carbocycles. The van der Waals surface area contributed by atoms with Gasteiger partial charge in [0.15, 0.2) is 5.82 Å². The number of sulfonamides is 1. The summed E-state index contributed by atoms with van der Waals surface area (Å²) in [5, 5.41) is 5.13. The second kappa shape index (κ2) is 6.17. The maximum atomic E-state index is 14.3. The molecule has 0 fully saturated rings. The molecule has 0 saturated carbocycles. The third-order valence-electron chi connectivity index (χ3n) is 3.54. The first-order valence-electron chi connectivity index (χ1n) is 6.88. The van der Waals surface area contributed by atoms with Crippen LogP contribution in [-0.2, 0) is 10.0 Å². The number of nitrogens with two attached hydrogens (primary N) is 1. The van der Waals surface area contributed by atoms with Crippen LogP contribution in [-0.4, -0.2) is 23.4 Å². The number of imidazole rings is 1. The molecule has 1 aromatic carbocycles. The molecule has 0 atom stereocenters. The van der Waals surface area contributed by atoms with Gasteiger partial charge in [0.2, 0.25) is 10.0 Å². The number of H-pyrrole nitrogens is 1. The number of aromatic nitrogens is 3. The van der Waals surface area contributed by atoms with Gasteiger partial charge in [0, 0.05) is 5.56 Å². The molecule has 3 aromatic rings. The summed E-state index contributed by atoms with van der Waals surface area (Å²) < 4.78 is 50.6. The van der Waals surface area contributed by atoms with Crippen molar-refractivity contribution in [2.24, 2.45) is 5.14 Å². The van der Waals surface area contributed by atoms with Crippen molar-refractivity contribution in [2.45, 2.75) is 11.8 Å². The number of primary sulfonamides is 1. The second-order valence-electron chi connectivity index (χ2n) is 5.20. The smallest absolute Gasteiger partial charge is 0.238 e. The molecule has 0 aliphatic heterocycles. The monoisotopic (exact) mass is 384 g/mol. The molecule has 0 aliphatic rings. The van der Waals surface area contributed by atoms with E-state index < -0.39 is 21.7 Å². The average Bonchev–Trinajstić information content (AvgIpc) is 2.88. The van der Waals surface area contributed by atoms with Gasteiger partial charge < -0.3 is 4.98 Å². The molecule has 3 rings (SSSR count). The molecule has 0 bridgehead atoms. The van der Waals surface area contributed by atoms with Gasteiger partial charge in [-0.1, -0.05) is 11.6 Å². The zero-order valence-corrected chi connectivity index (χ0v) is 14.3. The third kappa shape index (κ3) is 3.26. The van der Waals surface area contributed by atoms with Gasteiger partial charge >= 0.3 is 0 Å². The summed E-state index contributed by atoms with van der Waals surface area (Å²) in [5.41, 5.74) is 0.272. The quantitative estimate of drug-likeness (QED) is 0.724. The fraction of sp³-hybridized carbons (Fsp3) is 0.0667. The minimum Gasteiger partial charge on any atom is -0.327 e. The predicted octanol–water partition coefficient (Wildman–Crippen LogP) is 3.03. The maximum Gasteiger partial charge on any atom is 0.238 e.